The maximum Gasteiger partial charge on any atom is 0.243 e. The molecule has 1 aromatic rings. The first-order chi connectivity index (χ1) is 14.4. The van der Waals surface area contributed by atoms with Crippen molar-refractivity contribution in [1.82, 2.24) is 10.6 Å². The van der Waals surface area contributed by atoms with Crippen molar-refractivity contribution in [2.45, 2.75) is 88.1 Å². The Morgan fingerprint density at radius 2 is 1.67 bits per heavy atom. The molecule has 0 spiro atoms. The van der Waals surface area contributed by atoms with Crippen LogP contribution in [0.5, 0.6) is 0 Å². The Morgan fingerprint density at radius 3 is 2.20 bits per heavy atom. The number of carbonyl (C=O) groups is 2. The van der Waals surface area contributed by atoms with Crippen molar-refractivity contribution in [2.75, 3.05) is 5.75 Å². The van der Waals surface area contributed by atoms with Gasteiger partial charge in [-0.2, -0.15) is 0 Å². The molecule has 1 unspecified atom stereocenters. The van der Waals surface area contributed by atoms with Crippen LogP contribution in [-0.2, 0) is 16.0 Å². The normalized spacial score (nSPS) is 30.1. The molecule has 0 aliphatic heterocycles. The van der Waals surface area contributed by atoms with E-state index in [1.807, 2.05) is 0 Å². The molecule has 4 aliphatic rings. The Labute approximate surface area is 185 Å². The molecule has 5 heteroatoms. The summed E-state index contributed by atoms with van der Waals surface area (Å²) in [4.78, 5) is 26.1. The second-order valence-corrected chi connectivity index (χ2v) is 11.1. The fourth-order valence-electron chi connectivity index (χ4n) is 6.35. The highest BCUT2D eigenvalue weighted by atomic mass is 32.2. The molecule has 5 rings (SSSR count). The lowest BCUT2D eigenvalue weighted by Crippen LogP contribution is -2.63. The highest BCUT2D eigenvalue weighted by Crippen LogP contribution is 2.55. The first kappa shape index (κ1) is 21.7. The standard InChI is InChI=1S/C25H36N2O2S/c1-3-4-5-18-6-8-22(9-7-18)30-16-23(26-17(2)28)24(29)27-25-13-19-10-20(14-25)12-21(11-19)15-25/h6-9,19-21,23H,3-5,10-16H2,1-2H3,(H,26,28)(H,27,29). The molecule has 0 heterocycles. The number of hydrogen-bond donors (Lipinski definition) is 2. The van der Waals surface area contributed by atoms with Crippen molar-refractivity contribution < 1.29 is 9.59 Å². The number of amides is 2. The summed E-state index contributed by atoms with van der Waals surface area (Å²) >= 11 is 1.65. The maximum atomic E-state index is 13.2. The van der Waals surface area contributed by atoms with Gasteiger partial charge in [0.15, 0.2) is 0 Å². The molecule has 4 saturated carbocycles. The van der Waals surface area contributed by atoms with Gasteiger partial charge < -0.3 is 10.6 Å². The van der Waals surface area contributed by atoms with Crippen LogP contribution in [0.4, 0.5) is 0 Å². The number of thioether (sulfide) groups is 1. The van der Waals surface area contributed by atoms with E-state index in [0.717, 1.165) is 48.3 Å². The Balaban J connectivity index is 1.36. The van der Waals surface area contributed by atoms with Crippen molar-refractivity contribution in [2.24, 2.45) is 17.8 Å². The monoisotopic (exact) mass is 428 g/mol. The third kappa shape index (κ3) is 5.22. The lowest BCUT2D eigenvalue weighted by atomic mass is 9.53. The number of aryl methyl sites for hydroxylation is 1. The number of hydrogen-bond acceptors (Lipinski definition) is 3. The average Bonchev–Trinajstić information content (AvgIpc) is 2.68. The zero-order chi connectivity index (χ0) is 21.1. The molecule has 2 N–H and O–H groups in total. The van der Waals surface area contributed by atoms with Crippen LogP contribution in [0.2, 0.25) is 0 Å². The van der Waals surface area contributed by atoms with Gasteiger partial charge in [0.2, 0.25) is 11.8 Å². The minimum Gasteiger partial charge on any atom is -0.349 e. The molecule has 4 nitrogen and oxygen atoms in total. The van der Waals surface area contributed by atoms with Crippen LogP contribution in [0.25, 0.3) is 0 Å². The van der Waals surface area contributed by atoms with Gasteiger partial charge in [-0.1, -0.05) is 25.5 Å². The van der Waals surface area contributed by atoms with Crippen LogP contribution >= 0.6 is 11.8 Å². The van der Waals surface area contributed by atoms with E-state index in [2.05, 4.69) is 41.8 Å². The van der Waals surface area contributed by atoms with Crippen molar-refractivity contribution >= 4 is 23.6 Å². The van der Waals surface area contributed by atoms with Crippen molar-refractivity contribution in [3.63, 3.8) is 0 Å². The second-order valence-electron chi connectivity index (χ2n) is 10.00. The molecular weight excluding hydrogens is 392 g/mol. The minimum atomic E-state index is -0.486. The molecule has 4 fully saturated rings. The van der Waals surface area contributed by atoms with Gasteiger partial charge in [-0.15, -0.1) is 11.8 Å². The topological polar surface area (TPSA) is 58.2 Å². The van der Waals surface area contributed by atoms with E-state index in [-0.39, 0.29) is 17.4 Å². The van der Waals surface area contributed by atoms with Gasteiger partial charge in [-0.25, -0.2) is 0 Å². The van der Waals surface area contributed by atoms with Crippen molar-refractivity contribution in [3.8, 4) is 0 Å². The Kier molecular flexibility index (Phi) is 6.76. The van der Waals surface area contributed by atoms with Crippen LogP contribution in [-0.4, -0.2) is 29.1 Å². The molecule has 0 saturated heterocycles. The lowest BCUT2D eigenvalue weighted by molar-refractivity contribution is -0.131. The fraction of sp³-hybridized carbons (Fsp3) is 0.680. The number of unbranched alkanes of at least 4 members (excludes halogenated alkanes) is 1. The first-order valence-electron chi connectivity index (χ1n) is 11.8. The largest absolute Gasteiger partial charge is 0.349 e. The van der Waals surface area contributed by atoms with E-state index in [0.29, 0.717) is 5.75 Å². The van der Waals surface area contributed by atoms with Gasteiger partial charge in [0.25, 0.3) is 0 Å². The molecule has 0 radical (unpaired) electrons. The van der Waals surface area contributed by atoms with E-state index in [9.17, 15) is 9.59 Å². The van der Waals surface area contributed by atoms with Gasteiger partial charge >= 0.3 is 0 Å². The smallest absolute Gasteiger partial charge is 0.243 e. The van der Waals surface area contributed by atoms with Gasteiger partial charge in [0.05, 0.1) is 0 Å². The highest BCUT2D eigenvalue weighted by Gasteiger charge is 2.51. The summed E-state index contributed by atoms with van der Waals surface area (Å²) in [5.74, 6) is 2.78. The molecule has 1 atom stereocenters. The Morgan fingerprint density at radius 1 is 1.07 bits per heavy atom. The van der Waals surface area contributed by atoms with Crippen LogP contribution in [0.1, 0.15) is 70.8 Å². The maximum absolute atomic E-state index is 13.2. The molecule has 2 amide bonds. The van der Waals surface area contributed by atoms with E-state index < -0.39 is 6.04 Å². The van der Waals surface area contributed by atoms with E-state index >= 15 is 0 Å². The predicted molar refractivity (Wildman–Crippen MR) is 122 cm³/mol. The molecule has 164 valence electrons. The summed E-state index contributed by atoms with van der Waals surface area (Å²) in [7, 11) is 0. The quantitative estimate of drug-likeness (QED) is 0.560. The SMILES string of the molecule is CCCCc1ccc(SCC(NC(C)=O)C(=O)NC23CC4CC(CC(C4)C2)C3)cc1. The van der Waals surface area contributed by atoms with Gasteiger partial charge in [-0.3, -0.25) is 9.59 Å². The van der Waals surface area contributed by atoms with Crippen LogP contribution < -0.4 is 10.6 Å². The van der Waals surface area contributed by atoms with Crippen molar-refractivity contribution in [1.29, 1.82) is 0 Å². The van der Waals surface area contributed by atoms with Gasteiger partial charge in [-0.05, 0) is 86.8 Å². The van der Waals surface area contributed by atoms with Gasteiger partial charge in [0.1, 0.15) is 6.04 Å². The summed E-state index contributed by atoms with van der Waals surface area (Å²) in [6.07, 6.45) is 11.0. The summed E-state index contributed by atoms with van der Waals surface area (Å²) < 4.78 is 0. The summed E-state index contributed by atoms with van der Waals surface area (Å²) in [5, 5.41) is 6.33. The Bertz CT molecular complexity index is 726. The average molecular weight is 429 g/mol. The molecule has 30 heavy (non-hydrogen) atoms. The molecule has 1 aromatic carbocycles. The fourth-order valence-corrected chi connectivity index (χ4v) is 7.28. The Hall–Kier alpha value is -1.49. The zero-order valence-electron chi connectivity index (χ0n) is 18.4. The summed E-state index contributed by atoms with van der Waals surface area (Å²) in [6.45, 7) is 3.71. The minimum absolute atomic E-state index is 0.000726. The third-order valence-electron chi connectivity index (χ3n) is 7.28. The zero-order valence-corrected chi connectivity index (χ0v) is 19.2. The molecule has 0 aromatic heterocycles. The first-order valence-corrected chi connectivity index (χ1v) is 12.7. The lowest BCUT2D eigenvalue weighted by Gasteiger charge is -2.57. The van der Waals surface area contributed by atoms with E-state index in [1.54, 1.807) is 11.8 Å². The third-order valence-corrected chi connectivity index (χ3v) is 8.39. The number of nitrogens with one attached hydrogen (secondary N) is 2. The summed E-state index contributed by atoms with van der Waals surface area (Å²) in [5.41, 5.74) is 1.34. The van der Waals surface area contributed by atoms with Crippen LogP contribution in [0.15, 0.2) is 29.2 Å². The molecule has 4 bridgehead atoms. The second kappa shape index (κ2) is 9.33. The molecule has 4 aliphatic carbocycles. The van der Waals surface area contributed by atoms with Crippen LogP contribution in [0.3, 0.4) is 0 Å². The van der Waals surface area contributed by atoms with Crippen molar-refractivity contribution in [3.05, 3.63) is 29.8 Å². The van der Waals surface area contributed by atoms with E-state index in [1.165, 1.54) is 44.6 Å². The van der Waals surface area contributed by atoms with E-state index in [4.69, 9.17) is 0 Å². The number of carbonyl (C=O) groups excluding carboxylic acids is 2. The van der Waals surface area contributed by atoms with Gasteiger partial charge in [0, 0.05) is 23.1 Å². The van der Waals surface area contributed by atoms with Crippen LogP contribution in [0, 0.1) is 17.8 Å². The molecular formula is C25H36N2O2S. The highest BCUT2D eigenvalue weighted by molar-refractivity contribution is 7.99. The predicted octanol–water partition coefficient (Wildman–Crippen LogP) is 4.71. The number of rotatable bonds is 9. The number of benzene rings is 1. The summed E-state index contributed by atoms with van der Waals surface area (Å²) in [6, 6.07) is 8.15.